The molecule has 8 heteroatoms. The van der Waals surface area contributed by atoms with Gasteiger partial charge in [0.15, 0.2) is 0 Å². The van der Waals surface area contributed by atoms with Gasteiger partial charge in [0.1, 0.15) is 5.75 Å². The Hall–Kier alpha value is -2.25. The first-order valence-corrected chi connectivity index (χ1v) is 4.55. The number of carbonyl (C=O) groups excluding carboxylic acids is 1. The molecule has 1 amide bonds. The van der Waals surface area contributed by atoms with Gasteiger partial charge in [0.05, 0.1) is 18.4 Å². The molecule has 0 aliphatic heterocycles. The van der Waals surface area contributed by atoms with Gasteiger partial charge < -0.3 is 15.2 Å². The van der Waals surface area contributed by atoms with Gasteiger partial charge in [-0.15, -0.1) is 0 Å². The molecule has 0 spiro atoms. The molecule has 0 fully saturated rings. The molecule has 0 saturated heterocycles. The third-order valence-electron chi connectivity index (χ3n) is 1.95. The van der Waals surface area contributed by atoms with Crippen LogP contribution in [0.4, 0.5) is 18.9 Å². The number of alkyl halides is 3. The van der Waals surface area contributed by atoms with Crippen LogP contribution in [0.3, 0.4) is 0 Å². The van der Waals surface area contributed by atoms with Gasteiger partial charge in [-0.25, -0.2) is 4.79 Å². The van der Waals surface area contributed by atoms with Gasteiger partial charge in [0.25, 0.3) is 0 Å². The molecule has 0 unspecified atom stereocenters. The lowest BCUT2D eigenvalue weighted by molar-refractivity contribution is -0.167. The summed E-state index contributed by atoms with van der Waals surface area (Å²) in [5.41, 5.74) is -0.429. The molecular weight excluding hydrogens is 255 g/mol. The number of carboxylic acid groups (broad SMARTS) is 1. The van der Waals surface area contributed by atoms with Gasteiger partial charge in [0.2, 0.25) is 0 Å². The van der Waals surface area contributed by atoms with E-state index in [2.05, 4.69) is 0 Å². The number of aromatic carboxylic acids is 1. The maximum absolute atomic E-state index is 12.0. The van der Waals surface area contributed by atoms with E-state index in [1.807, 2.05) is 0 Å². The number of carboxylic acids is 1. The number of halogens is 3. The van der Waals surface area contributed by atoms with Gasteiger partial charge in [-0.05, 0) is 18.2 Å². The second kappa shape index (κ2) is 4.94. The largest absolute Gasteiger partial charge is 0.495 e. The average molecular weight is 263 g/mol. The maximum Gasteiger partial charge on any atom is 0.471 e. The lowest BCUT2D eigenvalue weighted by Gasteiger charge is -2.12. The zero-order chi connectivity index (χ0) is 13.9. The molecule has 0 aromatic heterocycles. The third-order valence-corrected chi connectivity index (χ3v) is 1.95. The molecule has 0 radical (unpaired) electrons. The molecule has 1 rings (SSSR count). The van der Waals surface area contributed by atoms with E-state index in [0.717, 1.165) is 25.3 Å². The minimum Gasteiger partial charge on any atom is -0.495 e. The van der Waals surface area contributed by atoms with Crippen LogP contribution in [0, 0.1) is 0 Å². The summed E-state index contributed by atoms with van der Waals surface area (Å²) in [6.07, 6.45) is -5.03. The van der Waals surface area contributed by atoms with Crippen LogP contribution in [-0.4, -0.2) is 30.3 Å². The van der Waals surface area contributed by atoms with Crippen LogP contribution >= 0.6 is 0 Å². The highest BCUT2D eigenvalue weighted by atomic mass is 19.4. The van der Waals surface area contributed by atoms with Crippen LogP contribution in [0.1, 0.15) is 10.4 Å². The highest BCUT2D eigenvalue weighted by Crippen LogP contribution is 2.27. The maximum atomic E-state index is 12.0. The van der Waals surface area contributed by atoms with Gasteiger partial charge in [-0.2, -0.15) is 13.2 Å². The number of methoxy groups -OCH3 is 1. The predicted molar refractivity (Wildman–Crippen MR) is 54.6 cm³/mol. The summed E-state index contributed by atoms with van der Waals surface area (Å²) in [6, 6.07) is 3.08. The topological polar surface area (TPSA) is 75.6 Å². The molecule has 0 aliphatic carbocycles. The SMILES string of the molecule is COc1cc(C(=O)O)ccc1NC(=O)C(F)(F)F. The Bertz CT molecular complexity index is 485. The number of hydrogen-bond acceptors (Lipinski definition) is 3. The summed E-state index contributed by atoms with van der Waals surface area (Å²) < 4.78 is 40.8. The van der Waals surface area contributed by atoms with Crippen LogP contribution in [-0.2, 0) is 4.79 Å². The Morgan fingerprint density at radius 3 is 2.39 bits per heavy atom. The first-order valence-electron chi connectivity index (χ1n) is 4.55. The molecule has 1 aromatic carbocycles. The smallest absolute Gasteiger partial charge is 0.471 e. The Balaban J connectivity index is 3.04. The highest BCUT2D eigenvalue weighted by molar-refractivity contribution is 5.97. The van der Waals surface area contributed by atoms with Crippen molar-refractivity contribution < 1.29 is 32.6 Å². The molecule has 0 aliphatic rings. The number of nitrogens with one attached hydrogen (secondary N) is 1. The highest BCUT2D eigenvalue weighted by Gasteiger charge is 2.39. The number of amides is 1. The molecule has 2 N–H and O–H groups in total. The van der Waals surface area contributed by atoms with E-state index in [1.54, 1.807) is 5.32 Å². The molecular formula is C10H8F3NO4. The fourth-order valence-corrected chi connectivity index (χ4v) is 1.12. The average Bonchev–Trinajstić information content (AvgIpc) is 2.27. The number of benzene rings is 1. The van der Waals surface area contributed by atoms with Crippen LogP contribution in [0.2, 0.25) is 0 Å². The Morgan fingerprint density at radius 2 is 1.94 bits per heavy atom. The summed E-state index contributed by atoms with van der Waals surface area (Å²) in [5.74, 6) is -3.60. The number of anilines is 1. The second-order valence-electron chi connectivity index (χ2n) is 3.17. The van der Waals surface area contributed by atoms with Gasteiger partial charge in [0, 0.05) is 0 Å². The van der Waals surface area contributed by atoms with E-state index in [1.165, 1.54) is 0 Å². The first kappa shape index (κ1) is 13.8. The second-order valence-corrected chi connectivity index (χ2v) is 3.17. The van der Waals surface area contributed by atoms with E-state index >= 15 is 0 Å². The summed E-state index contributed by atoms with van der Waals surface area (Å²) >= 11 is 0. The molecule has 1 aromatic rings. The Kier molecular flexibility index (Phi) is 3.79. The Labute approximate surface area is 99.2 Å². The van der Waals surface area contributed by atoms with Gasteiger partial charge in [-0.1, -0.05) is 0 Å². The quantitative estimate of drug-likeness (QED) is 0.873. The molecule has 5 nitrogen and oxygen atoms in total. The minimum atomic E-state index is -5.03. The van der Waals surface area contributed by atoms with Crippen LogP contribution in [0.5, 0.6) is 5.75 Å². The standard InChI is InChI=1S/C10H8F3NO4/c1-18-7-4-5(8(15)16)2-3-6(7)14-9(17)10(11,12)13/h2-4H,1H3,(H,14,17)(H,15,16). The molecule has 98 valence electrons. The molecule has 18 heavy (non-hydrogen) atoms. The van der Waals surface area contributed by atoms with Gasteiger partial charge in [-0.3, -0.25) is 4.79 Å². The number of rotatable bonds is 3. The molecule has 0 saturated carbocycles. The predicted octanol–water partition coefficient (Wildman–Crippen LogP) is 1.89. The van der Waals surface area contributed by atoms with Crippen molar-refractivity contribution in [3.05, 3.63) is 23.8 Å². The van der Waals surface area contributed by atoms with Crippen molar-refractivity contribution in [1.29, 1.82) is 0 Å². The number of hydrogen-bond donors (Lipinski definition) is 2. The van der Waals surface area contributed by atoms with Crippen LogP contribution in [0.15, 0.2) is 18.2 Å². The number of ether oxygens (including phenoxy) is 1. The molecule has 0 bridgehead atoms. The molecule has 0 atom stereocenters. The zero-order valence-electron chi connectivity index (χ0n) is 9.04. The van der Waals surface area contributed by atoms with Crippen molar-refractivity contribution in [3.63, 3.8) is 0 Å². The monoisotopic (exact) mass is 263 g/mol. The third kappa shape index (κ3) is 3.12. The summed E-state index contributed by atoms with van der Waals surface area (Å²) in [4.78, 5) is 21.4. The van der Waals surface area contributed by atoms with E-state index in [4.69, 9.17) is 9.84 Å². The van der Waals surface area contributed by atoms with E-state index in [9.17, 15) is 22.8 Å². The lowest BCUT2D eigenvalue weighted by atomic mass is 10.2. The first-order chi connectivity index (χ1) is 8.25. The van der Waals surface area contributed by atoms with E-state index in [0.29, 0.717) is 0 Å². The number of carbonyl (C=O) groups is 2. The van der Waals surface area contributed by atoms with Crippen molar-refractivity contribution in [2.45, 2.75) is 6.18 Å². The van der Waals surface area contributed by atoms with Crippen molar-refractivity contribution >= 4 is 17.6 Å². The van der Waals surface area contributed by atoms with Crippen molar-refractivity contribution in [2.75, 3.05) is 12.4 Å². The normalized spacial score (nSPS) is 10.9. The summed E-state index contributed by atoms with van der Waals surface area (Å²) in [7, 11) is 1.14. The minimum absolute atomic E-state index is 0.170. The zero-order valence-corrected chi connectivity index (χ0v) is 9.04. The summed E-state index contributed by atoms with van der Waals surface area (Å²) in [5, 5.41) is 10.3. The summed E-state index contributed by atoms with van der Waals surface area (Å²) in [6.45, 7) is 0. The van der Waals surface area contributed by atoms with Crippen LogP contribution < -0.4 is 10.1 Å². The van der Waals surface area contributed by atoms with E-state index < -0.39 is 18.1 Å². The van der Waals surface area contributed by atoms with Gasteiger partial charge >= 0.3 is 18.1 Å². The van der Waals surface area contributed by atoms with Crippen molar-refractivity contribution in [2.24, 2.45) is 0 Å². The fourth-order valence-electron chi connectivity index (χ4n) is 1.12. The lowest BCUT2D eigenvalue weighted by Crippen LogP contribution is -2.30. The fraction of sp³-hybridized carbons (Fsp3) is 0.200. The Morgan fingerprint density at radius 1 is 1.33 bits per heavy atom. The van der Waals surface area contributed by atoms with E-state index in [-0.39, 0.29) is 17.0 Å². The molecule has 0 heterocycles. The van der Waals surface area contributed by atoms with Crippen LogP contribution in [0.25, 0.3) is 0 Å². The van der Waals surface area contributed by atoms with Crippen molar-refractivity contribution in [3.8, 4) is 5.75 Å². The van der Waals surface area contributed by atoms with Crippen molar-refractivity contribution in [1.82, 2.24) is 0 Å².